The Hall–Kier alpha value is -0.320. The van der Waals surface area contributed by atoms with Crippen LogP contribution in [0.1, 0.15) is 60.8 Å². The van der Waals surface area contributed by atoms with Crippen molar-refractivity contribution in [1.82, 2.24) is 10.2 Å². The van der Waals surface area contributed by atoms with Gasteiger partial charge < -0.3 is 11.1 Å². The Kier molecular flexibility index (Phi) is 8.39. The fourth-order valence-corrected chi connectivity index (χ4v) is 3.40. The smallest absolute Gasteiger partial charge is 0.239 e. The minimum Gasteiger partial charge on any atom is -0.353 e. The van der Waals surface area contributed by atoms with Gasteiger partial charge >= 0.3 is 0 Å². The number of hydrogen-bond acceptors (Lipinski definition) is 3. The first-order valence-corrected chi connectivity index (χ1v) is 8.40. The van der Waals surface area contributed by atoms with Crippen LogP contribution in [0.5, 0.6) is 0 Å². The molecule has 0 spiro atoms. The number of hydrogen-bond donors (Lipinski definition) is 2. The lowest BCUT2D eigenvalue weighted by molar-refractivity contribution is -0.126. The molecular weight excluding hydrogens is 298 g/mol. The summed E-state index contributed by atoms with van der Waals surface area (Å²) in [6, 6.07) is 0. The number of halogens is 1. The second-order valence-corrected chi connectivity index (χ2v) is 8.01. The quantitative estimate of drug-likeness (QED) is 0.785. The third kappa shape index (κ3) is 6.05. The topological polar surface area (TPSA) is 58.4 Å². The predicted molar refractivity (Wildman–Crippen MR) is 96.4 cm³/mol. The van der Waals surface area contributed by atoms with E-state index in [2.05, 4.69) is 44.8 Å². The lowest BCUT2D eigenvalue weighted by Gasteiger charge is -2.45. The van der Waals surface area contributed by atoms with E-state index >= 15 is 0 Å². The molecule has 0 aliphatic carbocycles. The summed E-state index contributed by atoms with van der Waals surface area (Å²) in [5.74, 6) is 1.42. The van der Waals surface area contributed by atoms with Crippen LogP contribution in [-0.4, -0.2) is 41.5 Å². The Bertz CT molecular complexity index is 348. The van der Waals surface area contributed by atoms with Crippen LogP contribution in [-0.2, 0) is 4.79 Å². The highest BCUT2D eigenvalue weighted by Gasteiger charge is 2.34. The van der Waals surface area contributed by atoms with Crippen LogP contribution in [0.25, 0.3) is 0 Å². The molecule has 1 fully saturated rings. The fourth-order valence-electron chi connectivity index (χ4n) is 3.40. The molecule has 4 nitrogen and oxygen atoms in total. The molecule has 1 saturated heterocycles. The molecule has 1 heterocycles. The zero-order valence-electron chi connectivity index (χ0n) is 15.2. The Morgan fingerprint density at radius 1 is 1.23 bits per heavy atom. The van der Waals surface area contributed by atoms with E-state index in [-0.39, 0.29) is 23.9 Å². The Balaban J connectivity index is 0.00000441. The van der Waals surface area contributed by atoms with Crippen molar-refractivity contribution in [1.29, 1.82) is 0 Å². The minimum atomic E-state index is -0.757. The SMILES string of the molecule is CCCC(C)(N)C(=O)NCC(C)(C)N1CC(C)CC(C)C1.Cl. The van der Waals surface area contributed by atoms with Gasteiger partial charge in [0, 0.05) is 25.2 Å². The van der Waals surface area contributed by atoms with Gasteiger partial charge in [-0.2, -0.15) is 0 Å². The van der Waals surface area contributed by atoms with Gasteiger partial charge in [-0.25, -0.2) is 0 Å². The van der Waals surface area contributed by atoms with Crippen LogP contribution >= 0.6 is 12.4 Å². The lowest BCUT2D eigenvalue weighted by atomic mass is 9.87. The molecule has 3 N–H and O–H groups in total. The molecule has 1 rings (SSSR count). The summed E-state index contributed by atoms with van der Waals surface area (Å²) in [6.07, 6.45) is 2.94. The number of carbonyl (C=O) groups excluding carboxylic acids is 1. The lowest BCUT2D eigenvalue weighted by Crippen LogP contribution is -2.59. The van der Waals surface area contributed by atoms with E-state index in [1.165, 1.54) is 6.42 Å². The van der Waals surface area contributed by atoms with Crippen LogP contribution in [0.15, 0.2) is 0 Å². The summed E-state index contributed by atoms with van der Waals surface area (Å²) in [5, 5.41) is 3.07. The molecule has 0 aromatic rings. The second kappa shape index (κ2) is 8.51. The van der Waals surface area contributed by atoms with Crippen LogP contribution in [0.2, 0.25) is 0 Å². The third-order valence-corrected chi connectivity index (χ3v) is 4.69. The van der Waals surface area contributed by atoms with Gasteiger partial charge in [-0.3, -0.25) is 9.69 Å². The van der Waals surface area contributed by atoms with E-state index in [0.717, 1.165) is 37.8 Å². The van der Waals surface area contributed by atoms with Crippen molar-refractivity contribution in [3.8, 4) is 0 Å². The summed E-state index contributed by atoms with van der Waals surface area (Å²) in [7, 11) is 0. The predicted octanol–water partition coefficient (Wildman–Crippen LogP) is 2.80. The Labute approximate surface area is 143 Å². The maximum absolute atomic E-state index is 12.3. The molecule has 0 bridgehead atoms. The normalized spacial score (nSPS) is 26.0. The molecule has 5 heteroatoms. The number of nitrogens with two attached hydrogens (primary N) is 1. The van der Waals surface area contributed by atoms with Gasteiger partial charge in [-0.1, -0.05) is 27.2 Å². The molecule has 3 unspecified atom stereocenters. The molecule has 132 valence electrons. The van der Waals surface area contributed by atoms with Crippen molar-refractivity contribution < 1.29 is 4.79 Å². The molecule has 0 saturated carbocycles. The summed E-state index contributed by atoms with van der Waals surface area (Å²) in [4.78, 5) is 14.8. The van der Waals surface area contributed by atoms with Gasteiger partial charge in [0.2, 0.25) is 5.91 Å². The van der Waals surface area contributed by atoms with E-state index in [9.17, 15) is 4.79 Å². The Morgan fingerprint density at radius 3 is 2.18 bits per heavy atom. The van der Waals surface area contributed by atoms with Crippen molar-refractivity contribution in [2.75, 3.05) is 19.6 Å². The van der Waals surface area contributed by atoms with E-state index in [0.29, 0.717) is 6.54 Å². The largest absolute Gasteiger partial charge is 0.353 e. The van der Waals surface area contributed by atoms with Crippen LogP contribution in [0, 0.1) is 11.8 Å². The number of likely N-dealkylation sites (tertiary alicyclic amines) is 1. The van der Waals surface area contributed by atoms with Gasteiger partial charge in [-0.15, -0.1) is 12.4 Å². The van der Waals surface area contributed by atoms with Crippen LogP contribution in [0.3, 0.4) is 0 Å². The number of piperidine rings is 1. The van der Waals surface area contributed by atoms with E-state index in [4.69, 9.17) is 5.73 Å². The van der Waals surface area contributed by atoms with Crippen LogP contribution < -0.4 is 11.1 Å². The van der Waals surface area contributed by atoms with Gasteiger partial charge in [0.15, 0.2) is 0 Å². The molecule has 22 heavy (non-hydrogen) atoms. The fraction of sp³-hybridized carbons (Fsp3) is 0.941. The van der Waals surface area contributed by atoms with Crippen molar-refractivity contribution in [3.05, 3.63) is 0 Å². The number of nitrogens with zero attached hydrogens (tertiary/aromatic N) is 1. The number of rotatable bonds is 6. The first-order valence-electron chi connectivity index (χ1n) is 8.40. The molecule has 3 atom stereocenters. The standard InChI is InChI=1S/C17H35N3O.ClH/c1-7-8-17(6,18)15(21)19-12-16(4,5)20-10-13(2)9-14(3)11-20;/h13-14H,7-12,18H2,1-6H3,(H,19,21);1H. The molecule has 0 aromatic carbocycles. The highest BCUT2D eigenvalue weighted by atomic mass is 35.5. The van der Waals surface area contributed by atoms with E-state index < -0.39 is 5.54 Å². The summed E-state index contributed by atoms with van der Waals surface area (Å²) < 4.78 is 0. The average molecular weight is 334 g/mol. The monoisotopic (exact) mass is 333 g/mol. The summed E-state index contributed by atoms with van der Waals surface area (Å²) in [5.41, 5.74) is 5.31. The van der Waals surface area contributed by atoms with E-state index in [1.54, 1.807) is 0 Å². The molecule has 0 radical (unpaired) electrons. The van der Waals surface area contributed by atoms with E-state index in [1.807, 2.05) is 6.92 Å². The van der Waals surface area contributed by atoms with Crippen molar-refractivity contribution in [2.24, 2.45) is 17.6 Å². The number of nitrogens with one attached hydrogen (secondary N) is 1. The van der Waals surface area contributed by atoms with Crippen molar-refractivity contribution in [3.63, 3.8) is 0 Å². The Morgan fingerprint density at radius 2 is 1.73 bits per heavy atom. The molecule has 1 amide bonds. The minimum absolute atomic E-state index is 0. The van der Waals surface area contributed by atoms with Crippen LogP contribution in [0.4, 0.5) is 0 Å². The second-order valence-electron chi connectivity index (χ2n) is 8.01. The zero-order chi connectivity index (χ0) is 16.3. The molecule has 1 aliphatic heterocycles. The number of carbonyl (C=O) groups is 1. The molecule has 0 aromatic heterocycles. The van der Waals surface area contributed by atoms with Gasteiger partial charge in [0.25, 0.3) is 0 Å². The summed E-state index contributed by atoms with van der Waals surface area (Å²) in [6.45, 7) is 15.8. The van der Waals surface area contributed by atoms with Gasteiger partial charge in [-0.05, 0) is 45.4 Å². The maximum Gasteiger partial charge on any atom is 0.239 e. The maximum atomic E-state index is 12.3. The molecular formula is C17H36ClN3O. The highest BCUT2D eigenvalue weighted by Crippen LogP contribution is 2.27. The highest BCUT2D eigenvalue weighted by molar-refractivity contribution is 5.85. The molecule has 1 aliphatic rings. The average Bonchev–Trinajstić information content (AvgIpc) is 2.34. The van der Waals surface area contributed by atoms with Gasteiger partial charge in [0.1, 0.15) is 0 Å². The third-order valence-electron chi connectivity index (χ3n) is 4.69. The first kappa shape index (κ1) is 21.7. The summed E-state index contributed by atoms with van der Waals surface area (Å²) >= 11 is 0. The van der Waals surface area contributed by atoms with Gasteiger partial charge in [0.05, 0.1) is 5.54 Å². The van der Waals surface area contributed by atoms with Crippen molar-refractivity contribution in [2.45, 2.75) is 71.9 Å². The van der Waals surface area contributed by atoms with Crippen molar-refractivity contribution >= 4 is 18.3 Å². The first-order chi connectivity index (χ1) is 9.58. The number of amides is 1. The zero-order valence-corrected chi connectivity index (χ0v) is 16.1.